The predicted octanol–water partition coefficient (Wildman–Crippen LogP) is 1.90. The van der Waals surface area contributed by atoms with Crippen molar-refractivity contribution in [3.8, 4) is 0 Å². The molecule has 3 rings (SSSR count). The van der Waals surface area contributed by atoms with Crippen LogP contribution in [-0.2, 0) is 0 Å². The molecule has 0 amide bonds. The zero-order valence-electron chi connectivity index (χ0n) is 13.0. The standard InChI is InChI=1S/C17H28N4/c1-2-4-12-21(11-3-1)17(16-5-7-18-8-6-16)15-20-13-9-19-10-14-20/h5-8,17,19H,1-4,9-15H2. The van der Waals surface area contributed by atoms with Gasteiger partial charge in [0.25, 0.3) is 0 Å². The van der Waals surface area contributed by atoms with Crippen LogP contribution in [0, 0.1) is 0 Å². The fraction of sp³-hybridized carbons (Fsp3) is 0.706. The molecule has 1 aromatic heterocycles. The molecular weight excluding hydrogens is 260 g/mol. The number of rotatable bonds is 4. The van der Waals surface area contributed by atoms with Crippen molar-refractivity contribution in [2.75, 3.05) is 45.8 Å². The molecule has 4 heteroatoms. The Hall–Kier alpha value is -0.970. The van der Waals surface area contributed by atoms with Crippen LogP contribution in [0.4, 0.5) is 0 Å². The summed E-state index contributed by atoms with van der Waals surface area (Å²) >= 11 is 0. The van der Waals surface area contributed by atoms with Crippen LogP contribution >= 0.6 is 0 Å². The van der Waals surface area contributed by atoms with Gasteiger partial charge in [0.05, 0.1) is 0 Å². The molecule has 0 radical (unpaired) electrons. The van der Waals surface area contributed by atoms with Gasteiger partial charge >= 0.3 is 0 Å². The van der Waals surface area contributed by atoms with Crippen LogP contribution in [0.2, 0.25) is 0 Å². The Morgan fingerprint density at radius 1 is 0.952 bits per heavy atom. The lowest BCUT2D eigenvalue weighted by atomic mass is 10.1. The molecule has 21 heavy (non-hydrogen) atoms. The molecule has 2 aliphatic rings. The van der Waals surface area contributed by atoms with E-state index in [1.165, 1.54) is 57.4 Å². The first kappa shape index (κ1) is 14.9. The van der Waals surface area contributed by atoms with Gasteiger partial charge < -0.3 is 5.32 Å². The molecule has 4 nitrogen and oxygen atoms in total. The summed E-state index contributed by atoms with van der Waals surface area (Å²) < 4.78 is 0. The van der Waals surface area contributed by atoms with E-state index in [2.05, 4.69) is 32.2 Å². The number of pyridine rings is 1. The van der Waals surface area contributed by atoms with Gasteiger partial charge in [-0.05, 0) is 43.6 Å². The van der Waals surface area contributed by atoms with E-state index in [-0.39, 0.29) is 0 Å². The second kappa shape index (κ2) is 7.87. The molecule has 0 bridgehead atoms. The Morgan fingerprint density at radius 3 is 2.29 bits per heavy atom. The van der Waals surface area contributed by atoms with E-state index in [0.29, 0.717) is 6.04 Å². The third kappa shape index (κ3) is 4.25. The third-order valence-electron chi connectivity index (χ3n) is 4.81. The number of hydrogen-bond acceptors (Lipinski definition) is 4. The monoisotopic (exact) mass is 288 g/mol. The molecule has 1 aromatic rings. The molecule has 0 spiro atoms. The molecule has 2 fully saturated rings. The van der Waals surface area contributed by atoms with E-state index in [4.69, 9.17) is 0 Å². The zero-order chi connectivity index (χ0) is 14.3. The Balaban J connectivity index is 1.73. The molecule has 1 N–H and O–H groups in total. The second-order valence-electron chi connectivity index (χ2n) is 6.30. The third-order valence-corrected chi connectivity index (χ3v) is 4.81. The van der Waals surface area contributed by atoms with Crippen molar-refractivity contribution in [1.29, 1.82) is 0 Å². The summed E-state index contributed by atoms with van der Waals surface area (Å²) in [5.41, 5.74) is 1.44. The number of hydrogen-bond donors (Lipinski definition) is 1. The van der Waals surface area contributed by atoms with Crippen molar-refractivity contribution >= 4 is 0 Å². The number of aromatic nitrogens is 1. The van der Waals surface area contributed by atoms with Crippen molar-refractivity contribution in [3.05, 3.63) is 30.1 Å². The summed E-state index contributed by atoms with van der Waals surface area (Å²) in [7, 11) is 0. The van der Waals surface area contributed by atoms with Gasteiger partial charge in [-0.2, -0.15) is 0 Å². The average Bonchev–Trinajstić information content (AvgIpc) is 2.84. The Labute approximate surface area is 128 Å². The minimum atomic E-state index is 0.532. The maximum Gasteiger partial charge on any atom is 0.0476 e. The van der Waals surface area contributed by atoms with Gasteiger partial charge in [-0.3, -0.25) is 14.8 Å². The molecule has 0 aromatic carbocycles. The quantitative estimate of drug-likeness (QED) is 0.917. The molecule has 3 heterocycles. The first-order chi connectivity index (χ1) is 10.4. The Morgan fingerprint density at radius 2 is 1.62 bits per heavy atom. The highest BCUT2D eigenvalue weighted by atomic mass is 15.2. The van der Waals surface area contributed by atoms with Crippen LogP contribution in [0.25, 0.3) is 0 Å². The van der Waals surface area contributed by atoms with E-state index in [0.717, 1.165) is 19.6 Å². The summed E-state index contributed by atoms with van der Waals surface area (Å²) in [4.78, 5) is 9.53. The Bertz CT molecular complexity index is 395. The SMILES string of the molecule is c1cc(C(CN2CCNCC2)N2CCCCCC2)ccn1. The van der Waals surface area contributed by atoms with E-state index < -0.39 is 0 Å². The molecule has 2 saturated heterocycles. The van der Waals surface area contributed by atoms with Crippen molar-refractivity contribution in [3.63, 3.8) is 0 Å². The number of nitrogens with zero attached hydrogens (tertiary/aromatic N) is 3. The lowest BCUT2D eigenvalue weighted by Gasteiger charge is -2.37. The van der Waals surface area contributed by atoms with Gasteiger partial charge in [-0.1, -0.05) is 12.8 Å². The fourth-order valence-electron chi connectivity index (χ4n) is 3.56. The minimum Gasteiger partial charge on any atom is -0.314 e. The lowest BCUT2D eigenvalue weighted by molar-refractivity contribution is 0.132. The topological polar surface area (TPSA) is 31.4 Å². The first-order valence-electron chi connectivity index (χ1n) is 8.50. The second-order valence-corrected chi connectivity index (χ2v) is 6.30. The van der Waals surface area contributed by atoms with Crippen molar-refractivity contribution in [2.45, 2.75) is 31.7 Å². The van der Waals surface area contributed by atoms with Gasteiger partial charge in [0.1, 0.15) is 0 Å². The average molecular weight is 288 g/mol. The minimum absolute atomic E-state index is 0.532. The largest absolute Gasteiger partial charge is 0.314 e. The predicted molar refractivity (Wildman–Crippen MR) is 86.3 cm³/mol. The molecule has 0 aliphatic carbocycles. The molecule has 116 valence electrons. The highest BCUT2D eigenvalue weighted by Gasteiger charge is 2.24. The van der Waals surface area contributed by atoms with E-state index in [1.54, 1.807) is 0 Å². The summed E-state index contributed by atoms with van der Waals surface area (Å²) in [6, 6.07) is 4.94. The van der Waals surface area contributed by atoms with Gasteiger partial charge in [-0.25, -0.2) is 0 Å². The normalized spacial score (nSPS) is 23.6. The maximum absolute atomic E-state index is 4.20. The van der Waals surface area contributed by atoms with Gasteiger partial charge in [-0.15, -0.1) is 0 Å². The van der Waals surface area contributed by atoms with Crippen LogP contribution in [-0.4, -0.2) is 60.6 Å². The molecule has 1 unspecified atom stereocenters. The van der Waals surface area contributed by atoms with Crippen LogP contribution in [0.5, 0.6) is 0 Å². The summed E-state index contributed by atoms with van der Waals surface area (Å²) in [5.74, 6) is 0. The summed E-state index contributed by atoms with van der Waals surface area (Å²) in [6.45, 7) is 8.26. The van der Waals surface area contributed by atoms with Crippen molar-refractivity contribution in [2.24, 2.45) is 0 Å². The highest BCUT2D eigenvalue weighted by molar-refractivity contribution is 5.16. The van der Waals surface area contributed by atoms with Gasteiger partial charge in [0, 0.05) is 51.2 Å². The van der Waals surface area contributed by atoms with E-state index >= 15 is 0 Å². The van der Waals surface area contributed by atoms with Gasteiger partial charge in [0.15, 0.2) is 0 Å². The number of piperazine rings is 1. The maximum atomic E-state index is 4.20. The first-order valence-corrected chi connectivity index (χ1v) is 8.50. The van der Waals surface area contributed by atoms with Crippen LogP contribution in [0.15, 0.2) is 24.5 Å². The molecule has 2 aliphatic heterocycles. The molecule has 1 atom stereocenters. The summed E-state index contributed by atoms with van der Waals surface area (Å²) in [6.07, 6.45) is 9.38. The van der Waals surface area contributed by atoms with Crippen LogP contribution < -0.4 is 5.32 Å². The lowest BCUT2D eigenvalue weighted by Crippen LogP contribution is -2.47. The van der Waals surface area contributed by atoms with E-state index in [1.807, 2.05) is 12.4 Å². The number of nitrogens with one attached hydrogen (secondary N) is 1. The molecule has 0 saturated carbocycles. The van der Waals surface area contributed by atoms with Crippen molar-refractivity contribution < 1.29 is 0 Å². The van der Waals surface area contributed by atoms with Gasteiger partial charge in [0.2, 0.25) is 0 Å². The van der Waals surface area contributed by atoms with Crippen LogP contribution in [0.3, 0.4) is 0 Å². The van der Waals surface area contributed by atoms with Crippen molar-refractivity contribution in [1.82, 2.24) is 20.1 Å². The fourth-order valence-corrected chi connectivity index (χ4v) is 3.56. The molecular formula is C17H28N4. The van der Waals surface area contributed by atoms with E-state index in [9.17, 15) is 0 Å². The number of likely N-dealkylation sites (tertiary alicyclic amines) is 1. The summed E-state index contributed by atoms with van der Waals surface area (Å²) in [5, 5.41) is 3.45. The zero-order valence-corrected chi connectivity index (χ0v) is 13.0. The smallest absolute Gasteiger partial charge is 0.0476 e. The Kier molecular flexibility index (Phi) is 5.60. The van der Waals surface area contributed by atoms with Crippen LogP contribution in [0.1, 0.15) is 37.3 Å². The highest BCUT2D eigenvalue weighted by Crippen LogP contribution is 2.25.